The zero-order valence-corrected chi connectivity index (χ0v) is 12.2. The third-order valence-corrected chi connectivity index (χ3v) is 4.62. The summed E-state index contributed by atoms with van der Waals surface area (Å²) in [5, 5.41) is 9.03. The van der Waals surface area contributed by atoms with E-state index in [2.05, 4.69) is 4.72 Å². The molecule has 6 heteroatoms. The van der Waals surface area contributed by atoms with Gasteiger partial charge in [-0.2, -0.15) is 0 Å². The van der Waals surface area contributed by atoms with Crippen molar-refractivity contribution in [3.05, 3.63) is 29.1 Å². The van der Waals surface area contributed by atoms with Crippen LogP contribution in [0.5, 0.6) is 0 Å². The second-order valence-electron chi connectivity index (χ2n) is 4.67. The molecule has 1 atom stereocenters. The maximum absolute atomic E-state index is 13.6. The Balaban J connectivity index is 3.17. The summed E-state index contributed by atoms with van der Waals surface area (Å²) in [5.74, 6) is -0.630. The van der Waals surface area contributed by atoms with Gasteiger partial charge in [0.1, 0.15) is 5.82 Å². The highest BCUT2D eigenvalue weighted by molar-refractivity contribution is 7.89. The summed E-state index contributed by atoms with van der Waals surface area (Å²) < 4.78 is 40.6. The van der Waals surface area contributed by atoms with Gasteiger partial charge in [0, 0.05) is 11.6 Å². The first-order valence-corrected chi connectivity index (χ1v) is 7.72. The lowest BCUT2D eigenvalue weighted by atomic mass is 10.1. The first kappa shape index (κ1) is 16.1. The number of benzene rings is 1. The number of sulfonamides is 1. The standard InChI is InChI=1S/C13H20FNO3S/c1-4-5-9(2)15-19(17,18)13-7-11(8-16)6-12(14)10(13)3/h6-7,9,15-16H,4-5,8H2,1-3H3. The fourth-order valence-corrected chi connectivity index (χ4v) is 3.48. The number of hydrogen-bond donors (Lipinski definition) is 2. The zero-order valence-electron chi connectivity index (χ0n) is 11.4. The van der Waals surface area contributed by atoms with E-state index >= 15 is 0 Å². The smallest absolute Gasteiger partial charge is 0.241 e. The summed E-state index contributed by atoms with van der Waals surface area (Å²) in [6.45, 7) is 4.74. The van der Waals surface area contributed by atoms with E-state index in [0.717, 1.165) is 12.5 Å². The van der Waals surface area contributed by atoms with Crippen molar-refractivity contribution >= 4 is 10.0 Å². The molecule has 108 valence electrons. The van der Waals surface area contributed by atoms with Crippen molar-refractivity contribution in [1.29, 1.82) is 0 Å². The molecule has 19 heavy (non-hydrogen) atoms. The highest BCUT2D eigenvalue weighted by Gasteiger charge is 2.21. The third-order valence-electron chi connectivity index (χ3n) is 2.91. The van der Waals surface area contributed by atoms with Crippen LogP contribution in [-0.2, 0) is 16.6 Å². The lowest BCUT2D eigenvalue weighted by Crippen LogP contribution is -2.33. The lowest BCUT2D eigenvalue weighted by molar-refractivity contribution is 0.281. The molecule has 1 aromatic rings. The molecule has 4 nitrogen and oxygen atoms in total. The minimum absolute atomic E-state index is 0.0633. The van der Waals surface area contributed by atoms with Crippen molar-refractivity contribution in [2.45, 2.75) is 51.2 Å². The fourth-order valence-electron chi connectivity index (χ4n) is 1.90. The van der Waals surface area contributed by atoms with Crippen LogP contribution in [0.25, 0.3) is 0 Å². The normalized spacial score (nSPS) is 13.5. The highest BCUT2D eigenvalue weighted by Crippen LogP contribution is 2.21. The topological polar surface area (TPSA) is 66.4 Å². The number of nitrogens with one attached hydrogen (secondary N) is 1. The van der Waals surface area contributed by atoms with Gasteiger partial charge < -0.3 is 5.11 Å². The Bertz CT molecular complexity index is 543. The van der Waals surface area contributed by atoms with Crippen LogP contribution in [0.3, 0.4) is 0 Å². The Morgan fingerprint density at radius 3 is 2.58 bits per heavy atom. The van der Waals surface area contributed by atoms with E-state index in [1.807, 2.05) is 6.92 Å². The maximum Gasteiger partial charge on any atom is 0.241 e. The van der Waals surface area contributed by atoms with E-state index in [1.54, 1.807) is 6.92 Å². The van der Waals surface area contributed by atoms with Crippen molar-refractivity contribution in [3.8, 4) is 0 Å². The molecule has 0 aliphatic heterocycles. The van der Waals surface area contributed by atoms with Gasteiger partial charge in [0.15, 0.2) is 0 Å². The van der Waals surface area contributed by atoms with Gasteiger partial charge in [-0.1, -0.05) is 13.3 Å². The van der Waals surface area contributed by atoms with E-state index in [-0.39, 0.29) is 22.1 Å². The van der Waals surface area contributed by atoms with Gasteiger partial charge in [-0.05, 0) is 38.0 Å². The number of rotatable bonds is 6. The van der Waals surface area contributed by atoms with Crippen LogP contribution in [0.15, 0.2) is 17.0 Å². The van der Waals surface area contributed by atoms with Crippen LogP contribution in [0.4, 0.5) is 4.39 Å². The van der Waals surface area contributed by atoms with Crippen molar-refractivity contribution in [1.82, 2.24) is 4.72 Å². The molecule has 0 spiro atoms. The predicted octanol–water partition coefficient (Wildman–Crippen LogP) is 2.09. The largest absolute Gasteiger partial charge is 0.392 e. The second kappa shape index (κ2) is 6.45. The molecule has 0 aliphatic carbocycles. The van der Waals surface area contributed by atoms with Crippen molar-refractivity contribution < 1.29 is 17.9 Å². The molecular formula is C13H20FNO3S. The van der Waals surface area contributed by atoms with Gasteiger partial charge in [0.25, 0.3) is 0 Å². The zero-order chi connectivity index (χ0) is 14.6. The first-order valence-electron chi connectivity index (χ1n) is 6.24. The van der Waals surface area contributed by atoms with E-state index in [9.17, 15) is 12.8 Å². The van der Waals surface area contributed by atoms with Crippen molar-refractivity contribution in [2.75, 3.05) is 0 Å². The minimum atomic E-state index is -3.77. The third kappa shape index (κ3) is 3.99. The van der Waals surface area contributed by atoms with Crippen molar-refractivity contribution in [3.63, 3.8) is 0 Å². The molecule has 1 aromatic carbocycles. The van der Waals surface area contributed by atoms with Crippen LogP contribution in [-0.4, -0.2) is 19.6 Å². The van der Waals surface area contributed by atoms with Crippen LogP contribution < -0.4 is 4.72 Å². The Labute approximate surface area is 113 Å². The molecule has 0 aliphatic rings. The number of aliphatic hydroxyl groups is 1. The highest BCUT2D eigenvalue weighted by atomic mass is 32.2. The van der Waals surface area contributed by atoms with Crippen molar-refractivity contribution in [2.24, 2.45) is 0 Å². The minimum Gasteiger partial charge on any atom is -0.392 e. The molecule has 0 saturated heterocycles. The summed E-state index contributed by atoms with van der Waals surface area (Å²) >= 11 is 0. The summed E-state index contributed by atoms with van der Waals surface area (Å²) in [7, 11) is -3.77. The van der Waals surface area contributed by atoms with Gasteiger partial charge in [0.05, 0.1) is 11.5 Å². The molecular weight excluding hydrogens is 269 g/mol. The predicted molar refractivity (Wildman–Crippen MR) is 71.8 cm³/mol. The number of hydrogen-bond acceptors (Lipinski definition) is 3. The van der Waals surface area contributed by atoms with Gasteiger partial charge >= 0.3 is 0 Å². The molecule has 0 bridgehead atoms. The maximum atomic E-state index is 13.6. The monoisotopic (exact) mass is 289 g/mol. The summed E-state index contributed by atoms with van der Waals surface area (Å²) in [6.07, 6.45) is 1.56. The summed E-state index contributed by atoms with van der Waals surface area (Å²) in [6, 6.07) is 2.23. The average Bonchev–Trinajstić information content (AvgIpc) is 2.31. The number of aliphatic hydroxyl groups excluding tert-OH is 1. The molecule has 0 amide bonds. The molecule has 2 N–H and O–H groups in total. The fraction of sp³-hybridized carbons (Fsp3) is 0.538. The first-order chi connectivity index (χ1) is 8.81. The van der Waals surface area contributed by atoms with Crippen LogP contribution in [0, 0.1) is 12.7 Å². The Hall–Kier alpha value is -0.980. The Morgan fingerprint density at radius 2 is 2.05 bits per heavy atom. The molecule has 0 radical (unpaired) electrons. The summed E-state index contributed by atoms with van der Waals surface area (Å²) in [5.41, 5.74) is 0.306. The van der Waals surface area contributed by atoms with E-state index < -0.39 is 22.4 Å². The molecule has 0 aromatic heterocycles. The van der Waals surface area contributed by atoms with E-state index in [4.69, 9.17) is 5.11 Å². The van der Waals surface area contributed by atoms with Gasteiger partial charge in [-0.25, -0.2) is 17.5 Å². The average molecular weight is 289 g/mol. The van der Waals surface area contributed by atoms with Crippen LogP contribution >= 0.6 is 0 Å². The quantitative estimate of drug-likeness (QED) is 0.842. The molecule has 0 heterocycles. The lowest BCUT2D eigenvalue weighted by Gasteiger charge is -2.15. The van der Waals surface area contributed by atoms with Gasteiger partial charge in [0.2, 0.25) is 10.0 Å². The Morgan fingerprint density at radius 1 is 1.42 bits per heavy atom. The summed E-state index contributed by atoms with van der Waals surface area (Å²) in [4.78, 5) is -0.112. The molecule has 0 fully saturated rings. The van der Waals surface area contributed by atoms with Crippen LogP contribution in [0.2, 0.25) is 0 Å². The molecule has 1 rings (SSSR count). The van der Waals surface area contributed by atoms with Crippen LogP contribution in [0.1, 0.15) is 37.8 Å². The SMILES string of the molecule is CCCC(C)NS(=O)(=O)c1cc(CO)cc(F)c1C. The van der Waals surface area contributed by atoms with Gasteiger partial charge in [-0.3, -0.25) is 0 Å². The van der Waals surface area contributed by atoms with E-state index in [1.165, 1.54) is 13.0 Å². The second-order valence-corrected chi connectivity index (χ2v) is 6.35. The van der Waals surface area contributed by atoms with Gasteiger partial charge in [-0.15, -0.1) is 0 Å². The Kier molecular flexibility index (Phi) is 5.46. The number of halogens is 1. The molecule has 1 unspecified atom stereocenters. The van der Waals surface area contributed by atoms with E-state index in [0.29, 0.717) is 6.42 Å². The molecule has 0 saturated carbocycles.